The number of hydrogen-bond acceptors (Lipinski definition) is 5. The fraction of sp³-hybridized carbons (Fsp3) is 0.926. The lowest BCUT2D eigenvalue weighted by Crippen LogP contribution is -2.56. The molecule has 2 saturated heterocycles. The zero-order chi connectivity index (χ0) is 22.5. The molecule has 5 heteroatoms. The minimum absolute atomic E-state index is 0.180. The van der Waals surface area contributed by atoms with Crippen LogP contribution in [0.5, 0.6) is 0 Å². The molecule has 0 radical (unpaired) electrons. The Kier molecular flexibility index (Phi) is 5.01. The van der Waals surface area contributed by atoms with Gasteiger partial charge in [0.25, 0.3) is 0 Å². The highest BCUT2D eigenvalue weighted by atomic mass is 16.7. The fourth-order valence-electron chi connectivity index (χ4n) is 9.80. The predicted molar refractivity (Wildman–Crippen MR) is 121 cm³/mol. The van der Waals surface area contributed by atoms with Crippen molar-refractivity contribution in [2.24, 2.45) is 46.3 Å². The minimum Gasteiger partial charge on any atom is -0.396 e. The lowest BCUT2D eigenvalue weighted by Gasteiger charge is -2.59. The molecular formula is C27H42O5. The highest BCUT2D eigenvalue weighted by Crippen LogP contribution is 2.70. The molecular weight excluding hydrogens is 404 g/mol. The van der Waals surface area contributed by atoms with Crippen molar-refractivity contribution in [1.82, 2.24) is 0 Å². The maximum atomic E-state index is 11.1. The average molecular weight is 447 g/mol. The number of allylic oxidation sites excluding steroid dienone is 1. The van der Waals surface area contributed by atoms with Gasteiger partial charge in [0.2, 0.25) is 0 Å². The van der Waals surface area contributed by atoms with Crippen LogP contribution in [0.25, 0.3) is 0 Å². The van der Waals surface area contributed by atoms with Crippen molar-refractivity contribution in [3.8, 4) is 0 Å². The summed E-state index contributed by atoms with van der Waals surface area (Å²) in [6, 6.07) is 0. The Labute approximate surface area is 192 Å². The van der Waals surface area contributed by atoms with Crippen LogP contribution in [0.2, 0.25) is 0 Å². The zero-order valence-corrected chi connectivity index (χ0v) is 20.0. The molecule has 12 unspecified atom stereocenters. The maximum Gasteiger partial charge on any atom is 0.171 e. The maximum absolute atomic E-state index is 11.1. The molecule has 2 heterocycles. The van der Waals surface area contributed by atoms with Crippen LogP contribution >= 0.6 is 0 Å². The van der Waals surface area contributed by atoms with E-state index in [1.165, 1.54) is 12.0 Å². The SMILES string of the molecule is CC1C2C(CC3C4CC=C5CC(O)CC(O)C5(C)C4CCC32C)OC12CCC(CO)CO2. The van der Waals surface area contributed by atoms with Crippen LogP contribution in [0.4, 0.5) is 0 Å². The van der Waals surface area contributed by atoms with Gasteiger partial charge in [-0.25, -0.2) is 0 Å². The predicted octanol–water partition coefficient (Wildman–Crippen LogP) is 3.66. The topological polar surface area (TPSA) is 79.2 Å². The van der Waals surface area contributed by atoms with Gasteiger partial charge < -0.3 is 24.8 Å². The van der Waals surface area contributed by atoms with Crippen molar-refractivity contribution < 1.29 is 24.8 Å². The van der Waals surface area contributed by atoms with E-state index >= 15 is 0 Å². The summed E-state index contributed by atoms with van der Waals surface area (Å²) in [4.78, 5) is 0. The molecule has 180 valence electrons. The molecule has 0 aromatic carbocycles. The molecule has 6 rings (SSSR count). The third-order valence-corrected chi connectivity index (χ3v) is 11.6. The van der Waals surface area contributed by atoms with Gasteiger partial charge in [0.05, 0.1) is 24.9 Å². The van der Waals surface area contributed by atoms with Crippen LogP contribution in [-0.2, 0) is 9.47 Å². The van der Waals surface area contributed by atoms with Crippen LogP contribution in [0.3, 0.4) is 0 Å². The molecule has 2 aliphatic heterocycles. The quantitative estimate of drug-likeness (QED) is 0.536. The number of fused-ring (bicyclic) bond motifs is 7. The van der Waals surface area contributed by atoms with Crippen molar-refractivity contribution in [3.63, 3.8) is 0 Å². The number of hydrogen-bond donors (Lipinski definition) is 3. The van der Waals surface area contributed by atoms with Gasteiger partial charge in [-0.05, 0) is 67.6 Å². The Morgan fingerprint density at radius 3 is 2.62 bits per heavy atom. The van der Waals surface area contributed by atoms with E-state index in [-0.39, 0.29) is 29.5 Å². The van der Waals surface area contributed by atoms with Crippen LogP contribution in [0, 0.1) is 46.3 Å². The summed E-state index contributed by atoms with van der Waals surface area (Å²) in [5, 5.41) is 30.9. The molecule has 3 N–H and O–H groups in total. The molecule has 32 heavy (non-hydrogen) atoms. The van der Waals surface area contributed by atoms with E-state index < -0.39 is 18.0 Å². The second-order valence-corrected chi connectivity index (χ2v) is 12.7. The fourth-order valence-corrected chi connectivity index (χ4v) is 9.80. The van der Waals surface area contributed by atoms with Crippen LogP contribution in [0.1, 0.15) is 72.1 Å². The van der Waals surface area contributed by atoms with Crippen LogP contribution in [0.15, 0.2) is 11.6 Å². The first-order valence-electron chi connectivity index (χ1n) is 13.2. The lowest BCUT2D eigenvalue weighted by molar-refractivity contribution is -0.275. The highest BCUT2D eigenvalue weighted by molar-refractivity contribution is 5.28. The van der Waals surface area contributed by atoms with Crippen molar-refractivity contribution in [2.75, 3.05) is 13.2 Å². The van der Waals surface area contributed by atoms with Gasteiger partial charge in [-0.15, -0.1) is 0 Å². The molecule has 0 aromatic heterocycles. The van der Waals surface area contributed by atoms with Gasteiger partial charge in [-0.2, -0.15) is 0 Å². The van der Waals surface area contributed by atoms with Gasteiger partial charge in [-0.3, -0.25) is 0 Å². The summed E-state index contributed by atoms with van der Waals surface area (Å²) in [5.41, 5.74) is 1.39. The smallest absolute Gasteiger partial charge is 0.171 e. The van der Waals surface area contributed by atoms with E-state index in [1.54, 1.807) is 0 Å². The van der Waals surface area contributed by atoms with E-state index in [2.05, 4.69) is 26.8 Å². The van der Waals surface area contributed by atoms with E-state index in [0.717, 1.165) is 38.5 Å². The van der Waals surface area contributed by atoms with E-state index in [9.17, 15) is 15.3 Å². The number of ether oxygens (including phenoxy) is 2. The molecule has 6 aliphatic rings. The molecule has 0 aromatic rings. The number of aliphatic hydroxyl groups excluding tert-OH is 3. The van der Waals surface area contributed by atoms with Crippen molar-refractivity contribution in [2.45, 2.75) is 96.2 Å². The second-order valence-electron chi connectivity index (χ2n) is 12.7. The van der Waals surface area contributed by atoms with Gasteiger partial charge in [0, 0.05) is 36.7 Å². The lowest BCUT2D eigenvalue weighted by atomic mass is 9.46. The van der Waals surface area contributed by atoms with E-state index in [0.29, 0.717) is 42.6 Å². The third-order valence-electron chi connectivity index (χ3n) is 11.6. The standard InChI is InChI=1S/C27H42O5/c1-15-24-22(32-27(15)9-6-16(13-28)14-31-27)12-21-19-5-4-17-10-18(29)11-23(30)26(17,3)20(19)7-8-25(21,24)2/h4,15-16,18-24,28-30H,5-14H2,1-3H3. The first kappa shape index (κ1) is 22.0. The minimum atomic E-state index is -0.451. The summed E-state index contributed by atoms with van der Waals surface area (Å²) < 4.78 is 13.2. The Morgan fingerprint density at radius 1 is 1.09 bits per heavy atom. The molecule has 3 saturated carbocycles. The summed E-state index contributed by atoms with van der Waals surface area (Å²) >= 11 is 0. The highest BCUT2D eigenvalue weighted by Gasteiger charge is 2.69. The third kappa shape index (κ3) is 2.75. The van der Waals surface area contributed by atoms with Crippen molar-refractivity contribution in [3.05, 3.63) is 11.6 Å². The number of rotatable bonds is 1. The molecule has 1 spiro atoms. The van der Waals surface area contributed by atoms with E-state index in [4.69, 9.17) is 9.47 Å². The van der Waals surface area contributed by atoms with Crippen LogP contribution in [-0.4, -0.2) is 52.6 Å². The summed E-state index contributed by atoms with van der Waals surface area (Å²) in [6.45, 7) is 7.99. The Balaban J connectivity index is 1.27. The monoisotopic (exact) mass is 446 g/mol. The Morgan fingerprint density at radius 2 is 1.91 bits per heavy atom. The molecule has 4 aliphatic carbocycles. The normalized spacial score (nSPS) is 59.2. The first-order valence-corrected chi connectivity index (χ1v) is 13.2. The molecule has 5 nitrogen and oxygen atoms in total. The summed E-state index contributed by atoms with van der Waals surface area (Å²) in [5.74, 6) is 2.42. The largest absolute Gasteiger partial charge is 0.396 e. The molecule has 12 atom stereocenters. The number of aliphatic hydroxyl groups is 3. The van der Waals surface area contributed by atoms with Gasteiger partial charge >= 0.3 is 0 Å². The van der Waals surface area contributed by atoms with Crippen molar-refractivity contribution in [1.29, 1.82) is 0 Å². The molecule has 5 fully saturated rings. The van der Waals surface area contributed by atoms with Gasteiger partial charge in [0.15, 0.2) is 5.79 Å². The Hall–Kier alpha value is -0.460. The average Bonchev–Trinajstić information content (AvgIpc) is 3.20. The van der Waals surface area contributed by atoms with Crippen LogP contribution < -0.4 is 0 Å². The zero-order valence-electron chi connectivity index (χ0n) is 20.0. The molecule has 0 bridgehead atoms. The van der Waals surface area contributed by atoms with Crippen molar-refractivity contribution >= 4 is 0 Å². The summed E-state index contributed by atoms with van der Waals surface area (Å²) in [7, 11) is 0. The first-order chi connectivity index (χ1) is 15.2. The van der Waals surface area contributed by atoms with Gasteiger partial charge in [-0.1, -0.05) is 32.4 Å². The van der Waals surface area contributed by atoms with E-state index in [1.807, 2.05) is 0 Å². The van der Waals surface area contributed by atoms with Gasteiger partial charge in [0.1, 0.15) is 0 Å². The summed E-state index contributed by atoms with van der Waals surface area (Å²) in [6.07, 6.45) is 9.50. The molecule has 0 amide bonds. The Bertz CT molecular complexity index is 787. The second kappa shape index (κ2) is 7.27.